The Labute approximate surface area is 99.9 Å². The topological polar surface area (TPSA) is 69.2 Å². The average Bonchev–Trinajstić information content (AvgIpc) is 2.25. The van der Waals surface area contributed by atoms with Crippen molar-refractivity contribution >= 4 is 13.3 Å². The molecule has 3 nitrogen and oxygen atoms in total. The van der Waals surface area contributed by atoms with Crippen LogP contribution in [0.4, 0.5) is 4.39 Å². The monoisotopic (exact) mass is 232 g/mol. The summed E-state index contributed by atoms with van der Waals surface area (Å²) >= 11 is 0. The van der Waals surface area contributed by atoms with Gasteiger partial charge in [0.2, 0.25) is 0 Å². The molecule has 2 rings (SSSR count). The molecule has 0 heterocycles. The molecule has 0 saturated carbocycles. The van der Waals surface area contributed by atoms with Crippen molar-refractivity contribution in [1.29, 1.82) is 0 Å². The van der Waals surface area contributed by atoms with E-state index in [0.29, 0.717) is 17.0 Å². The smallest absolute Gasteiger partial charge is 0.870 e. The molecule has 0 bridgehead atoms. The molecule has 5 heteroatoms. The zero-order chi connectivity index (χ0) is 10.7. The minimum absolute atomic E-state index is 0. The summed E-state index contributed by atoms with van der Waals surface area (Å²) in [6.07, 6.45) is 0. The van der Waals surface area contributed by atoms with E-state index < -0.39 is 0 Å². The van der Waals surface area contributed by atoms with Gasteiger partial charge in [0.15, 0.2) is 0 Å². The molecule has 0 saturated heterocycles. The SMILES string of the molecule is [B+2]c1ccc(Oc2ccc(F)cc2)cc1.[OH-].[OH-]. The summed E-state index contributed by atoms with van der Waals surface area (Å²) in [5.41, 5.74) is 0.682. The molecule has 0 unspecified atom stereocenters. The maximum atomic E-state index is 12.6. The van der Waals surface area contributed by atoms with E-state index in [0.717, 1.165) is 0 Å². The van der Waals surface area contributed by atoms with Gasteiger partial charge in [-0.15, -0.1) is 0 Å². The average molecular weight is 232 g/mol. The van der Waals surface area contributed by atoms with Gasteiger partial charge in [0.1, 0.15) is 0 Å². The molecule has 2 N–H and O–H groups in total. The van der Waals surface area contributed by atoms with Crippen molar-refractivity contribution in [3.8, 4) is 11.5 Å². The molecular formula is C12H10BFO3. The van der Waals surface area contributed by atoms with Gasteiger partial charge in [-0.25, -0.2) is 0 Å². The van der Waals surface area contributed by atoms with Crippen LogP contribution in [0.25, 0.3) is 0 Å². The Bertz CT molecular complexity index is 399. The van der Waals surface area contributed by atoms with E-state index in [1.54, 1.807) is 36.4 Å². The third kappa shape index (κ3) is 4.26. The molecule has 2 aromatic carbocycles. The first kappa shape index (κ1) is 15.2. The number of hydrogen-bond donors (Lipinski definition) is 0. The Morgan fingerprint density at radius 1 is 0.765 bits per heavy atom. The van der Waals surface area contributed by atoms with Crippen LogP contribution in [0.1, 0.15) is 0 Å². The fraction of sp³-hybridized carbons (Fsp3) is 0. The van der Waals surface area contributed by atoms with Crippen LogP contribution >= 0.6 is 0 Å². The Hall–Kier alpha value is -1.85. The molecule has 0 atom stereocenters. The van der Waals surface area contributed by atoms with Crippen molar-refractivity contribution < 1.29 is 20.1 Å². The van der Waals surface area contributed by atoms with Crippen LogP contribution in [0.5, 0.6) is 11.5 Å². The van der Waals surface area contributed by atoms with E-state index in [1.165, 1.54) is 12.1 Å². The van der Waals surface area contributed by atoms with Crippen LogP contribution in [-0.4, -0.2) is 18.8 Å². The van der Waals surface area contributed by atoms with E-state index in [9.17, 15) is 4.39 Å². The van der Waals surface area contributed by atoms with Crippen LogP contribution < -0.4 is 10.2 Å². The number of ether oxygens (including phenoxy) is 1. The second-order valence-electron chi connectivity index (χ2n) is 3.13. The summed E-state index contributed by atoms with van der Waals surface area (Å²) in [5.74, 6) is 0.997. The van der Waals surface area contributed by atoms with Crippen LogP contribution in [0.2, 0.25) is 0 Å². The molecule has 0 spiro atoms. The van der Waals surface area contributed by atoms with Gasteiger partial charge in [0, 0.05) is 0 Å². The zero-order valence-electron chi connectivity index (χ0n) is 8.88. The van der Waals surface area contributed by atoms with E-state index in [4.69, 9.17) is 12.6 Å². The first-order chi connectivity index (χ1) is 7.24. The Morgan fingerprint density at radius 3 is 1.65 bits per heavy atom. The second-order valence-corrected chi connectivity index (χ2v) is 3.13. The van der Waals surface area contributed by atoms with E-state index in [-0.39, 0.29) is 16.8 Å². The molecule has 0 aliphatic heterocycles. The maximum absolute atomic E-state index is 12.6. The number of rotatable bonds is 2. The summed E-state index contributed by atoms with van der Waals surface area (Å²) in [4.78, 5) is 0. The van der Waals surface area contributed by atoms with Gasteiger partial charge in [-0.2, -0.15) is 0 Å². The van der Waals surface area contributed by atoms with Crippen LogP contribution in [0.15, 0.2) is 48.5 Å². The van der Waals surface area contributed by atoms with Crippen molar-refractivity contribution in [2.75, 3.05) is 0 Å². The molecular weight excluding hydrogens is 222 g/mol. The molecule has 0 aromatic heterocycles. The van der Waals surface area contributed by atoms with Gasteiger partial charge >= 0.3 is 88.3 Å². The summed E-state index contributed by atoms with van der Waals surface area (Å²) in [5, 5.41) is 0. The van der Waals surface area contributed by atoms with E-state index in [1.807, 2.05) is 0 Å². The van der Waals surface area contributed by atoms with Gasteiger partial charge in [0.05, 0.1) is 0 Å². The molecule has 86 valence electrons. The maximum Gasteiger partial charge on any atom is -0.870 e. The van der Waals surface area contributed by atoms with E-state index in [2.05, 4.69) is 0 Å². The van der Waals surface area contributed by atoms with Gasteiger partial charge < -0.3 is 11.0 Å². The van der Waals surface area contributed by atoms with Crippen LogP contribution in [0, 0.1) is 5.82 Å². The van der Waals surface area contributed by atoms with Crippen molar-refractivity contribution in [3.63, 3.8) is 0 Å². The summed E-state index contributed by atoms with van der Waals surface area (Å²) in [6.45, 7) is 0. The Kier molecular flexibility index (Phi) is 5.95. The standard InChI is InChI=1S/C12H8BFO.2H2O/c13-9-1-5-11(6-2-9)15-12-7-3-10(14)4-8-12;;/h1-8H;2*1H2/q+2;;/p-2. The minimum atomic E-state index is -0.278. The Balaban J connectivity index is 0.00000128. The van der Waals surface area contributed by atoms with Crippen molar-refractivity contribution in [1.82, 2.24) is 0 Å². The Morgan fingerprint density at radius 2 is 1.18 bits per heavy atom. The van der Waals surface area contributed by atoms with Crippen molar-refractivity contribution in [2.24, 2.45) is 0 Å². The third-order valence-corrected chi connectivity index (χ3v) is 1.93. The molecule has 0 radical (unpaired) electrons. The molecule has 0 aliphatic rings. The number of halogens is 1. The van der Waals surface area contributed by atoms with E-state index >= 15 is 0 Å². The van der Waals surface area contributed by atoms with Gasteiger partial charge in [-0.3, -0.25) is 0 Å². The largest absolute Gasteiger partial charge is 0.870 e. The number of hydrogen-bond acceptors (Lipinski definition) is 3. The van der Waals surface area contributed by atoms with Crippen molar-refractivity contribution in [3.05, 3.63) is 54.3 Å². The predicted octanol–water partition coefficient (Wildman–Crippen LogP) is 2.06. The third-order valence-electron chi connectivity index (χ3n) is 1.93. The molecule has 0 aliphatic carbocycles. The first-order valence-electron chi connectivity index (χ1n) is 4.53. The predicted molar refractivity (Wildman–Crippen MR) is 62.2 cm³/mol. The van der Waals surface area contributed by atoms with Crippen molar-refractivity contribution in [2.45, 2.75) is 0 Å². The fourth-order valence-electron chi connectivity index (χ4n) is 1.17. The molecule has 2 aromatic rings. The number of benzene rings is 2. The van der Waals surface area contributed by atoms with Gasteiger partial charge in [0.25, 0.3) is 0 Å². The first-order valence-corrected chi connectivity index (χ1v) is 4.53. The quantitative estimate of drug-likeness (QED) is 0.744. The van der Waals surface area contributed by atoms with Gasteiger partial charge in [-0.1, -0.05) is 0 Å². The fourth-order valence-corrected chi connectivity index (χ4v) is 1.17. The van der Waals surface area contributed by atoms with Crippen LogP contribution in [-0.2, 0) is 0 Å². The van der Waals surface area contributed by atoms with Gasteiger partial charge in [-0.05, 0) is 0 Å². The molecule has 0 amide bonds. The second kappa shape index (κ2) is 6.68. The zero-order valence-corrected chi connectivity index (χ0v) is 8.88. The molecule has 17 heavy (non-hydrogen) atoms. The summed E-state index contributed by atoms with van der Waals surface area (Å²) in [7, 11) is 5.53. The van der Waals surface area contributed by atoms with Crippen LogP contribution in [0.3, 0.4) is 0 Å². The minimum Gasteiger partial charge on any atom is -0.870 e. The normalized spacial score (nSPS) is 8.88. The summed E-state index contributed by atoms with van der Waals surface area (Å²) in [6, 6.07) is 12.9. The summed E-state index contributed by atoms with van der Waals surface area (Å²) < 4.78 is 18.1. The molecule has 0 fully saturated rings.